The summed E-state index contributed by atoms with van der Waals surface area (Å²) in [5.74, 6) is 0. The van der Waals surface area contributed by atoms with E-state index in [-0.39, 0.29) is 0 Å². The Labute approximate surface area is 160 Å². The predicted octanol–water partition coefficient (Wildman–Crippen LogP) is 7.34. The van der Waals surface area contributed by atoms with Crippen LogP contribution >= 0.6 is 11.3 Å². The summed E-state index contributed by atoms with van der Waals surface area (Å²) in [5, 5.41) is 8.73. The molecule has 0 amide bonds. The van der Waals surface area contributed by atoms with Gasteiger partial charge < -0.3 is 0 Å². The van der Waals surface area contributed by atoms with Gasteiger partial charge in [0.1, 0.15) is 0 Å². The average Bonchev–Trinajstić information content (AvgIpc) is 3.13. The summed E-state index contributed by atoms with van der Waals surface area (Å²) in [7, 11) is 0. The molecule has 26 heavy (non-hydrogen) atoms. The summed E-state index contributed by atoms with van der Waals surface area (Å²) in [6.45, 7) is 5.87. The molecule has 0 N–H and O–H groups in total. The number of rotatable bonds is 1. The topological polar surface area (TPSA) is 12.9 Å². The highest BCUT2D eigenvalue weighted by atomic mass is 32.1. The van der Waals surface area contributed by atoms with Crippen LogP contribution in [-0.2, 0) is 6.37 Å². The highest BCUT2D eigenvalue weighted by Gasteiger charge is 2.18. The van der Waals surface area contributed by atoms with Crippen LogP contribution in [0.15, 0.2) is 60.1 Å². The van der Waals surface area contributed by atoms with Crippen molar-refractivity contribution in [2.75, 3.05) is 0 Å². The van der Waals surface area contributed by atoms with E-state index in [1.54, 1.807) is 17.5 Å². The van der Waals surface area contributed by atoms with E-state index in [9.17, 15) is 0 Å². The van der Waals surface area contributed by atoms with Crippen molar-refractivity contribution in [3.63, 3.8) is 0 Å². The zero-order valence-corrected chi connectivity index (χ0v) is 15.9. The van der Waals surface area contributed by atoms with Gasteiger partial charge in [-0.3, -0.25) is 4.98 Å². The summed E-state index contributed by atoms with van der Waals surface area (Å²) in [6, 6.07) is 16.8. The molecule has 1 nitrogen and oxygen atoms in total. The largest absolute Gasteiger partial charge is 0.256 e. The fourth-order valence-corrected chi connectivity index (χ4v) is 4.62. The molecule has 0 aliphatic heterocycles. The van der Waals surface area contributed by atoms with Crippen LogP contribution in [-0.4, -0.2) is 4.98 Å². The lowest BCUT2D eigenvalue weighted by Gasteiger charge is -2.20. The van der Waals surface area contributed by atoms with Gasteiger partial charge in [0.05, 0.1) is 5.52 Å². The van der Waals surface area contributed by atoms with Crippen LogP contribution in [0.1, 0.15) is 29.1 Å². The summed E-state index contributed by atoms with van der Waals surface area (Å²) >= 11 is 1.74. The van der Waals surface area contributed by atoms with Crippen molar-refractivity contribution in [3.8, 4) is 0 Å². The Bertz CT molecular complexity index is 1380. The molecule has 2 aromatic heterocycles. The number of hydrogen-bond acceptors (Lipinski definition) is 2. The van der Waals surface area contributed by atoms with E-state index in [4.69, 9.17) is 7.73 Å². The normalized spacial score (nSPS) is 14.3. The lowest BCUT2D eigenvalue weighted by molar-refractivity contribution is 0.412. The lowest BCUT2D eigenvalue weighted by Crippen LogP contribution is -2.09. The first-order valence-corrected chi connectivity index (χ1v) is 9.78. The number of aromatic nitrogens is 1. The van der Waals surface area contributed by atoms with E-state index in [1.807, 2.05) is 32.9 Å². The summed E-state index contributed by atoms with van der Waals surface area (Å²) in [4.78, 5) is 4.72. The minimum absolute atomic E-state index is 0.536. The van der Waals surface area contributed by atoms with Crippen LogP contribution in [0.25, 0.3) is 42.5 Å². The summed E-state index contributed by atoms with van der Waals surface area (Å²) in [5.41, 5.74) is 1.06. The molecule has 2 heteroatoms. The zero-order valence-electron chi connectivity index (χ0n) is 17.1. The van der Waals surface area contributed by atoms with E-state index in [0.717, 1.165) is 32.6 Å². The molecule has 0 aliphatic carbocycles. The van der Waals surface area contributed by atoms with Gasteiger partial charge in [-0.15, -0.1) is 11.3 Å². The Balaban J connectivity index is 2.09. The monoisotopic (exact) mass is 357 g/mol. The van der Waals surface area contributed by atoms with E-state index in [0.29, 0.717) is 0 Å². The van der Waals surface area contributed by atoms with Gasteiger partial charge >= 0.3 is 0 Å². The van der Waals surface area contributed by atoms with Gasteiger partial charge in [0.15, 0.2) is 0 Å². The van der Waals surface area contributed by atoms with Crippen molar-refractivity contribution in [3.05, 3.63) is 65.7 Å². The number of thiophene rings is 1. The second-order valence-corrected chi connectivity index (χ2v) is 8.81. The SMILES string of the molecule is [2H]C([2H])(c1ccnc2c3ccccc3c3cc4sccc4cc3c12)C(C)(C)C. The zero-order chi connectivity index (χ0) is 19.7. The number of fused-ring (bicyclic) bond motifs is 7. The Hall–Kier alpha value is -2.45. The van der Waals surface area contributed by atoms with Crippen molar-refractivity contribution in [1.82, 2.24) is 4.98 Å². The molecule has 0 unspecified atom stereocenters. The van der Waals surface area contributed by atoms with E-state index in [1.165, 1.54) is 15.5 Å². The maximum Gasteiger partial charge on any atom is 0.0789 e. The average molecular weight is 358 g/mol. The maximum atomic E-state index is 8.96. The number of pyridine rings is 1. The smallest absolute Gasteiger partial charge is 0.0789 e. The van der Waals surface area contributed by atoms with Crippen LogP contribution in [0, 0.1) is 5.41 Å². The number of benzene rings is 3. The fraction of sp³-hybridized carbons (Fsp3) is 0.208. The molecular formula is C24H21NS. The third-order valence-electron chi connectivity index (χ3n) is 4.79. The van der Waals surface area contributed by atoms with Crippen molar-refractivity contribution in [2.24, 2.45) is 5.41 Å². The molecule has 2 heterocycles. The first-order chi connectivity index (χ1) is 13.3. The van der Waals surface area contributed by atoms with Crippen LogP contribution in [0.4, 0.5) is 0 Å². The molecular weight excluding hydrogens is 334 g/mol. The molecule has 0 radical (unpaired) electrons. The van der Waals surface area contributed by atoms with E-state index in [2.05, 4.69) is 41.8 Å². The van der Waals surface area contributed by atoms with Gasteiger partial charge in [-0.05, 0) is 68.5 Å². The Morgan fingerprint density at radius 1 is 0.962 bits per heavy atom. The van der Waals surface area contributed by atoms with Gasteiger partial charge in [-0.1, -0.05) is 45.0 Å². The standard InChI is InChI=1S/C24H21NS/c1-24(2,3)14-16-8-10-25-23-18-7-5-4-6-17(18)19-13-21-15(9-11-26-21)12-20(19)22(16)23/h4-13H,14H2,1-3H3/i14D2. The van der Waals surface area contributed by atoms with Crippen molar-refractivity contribution < 1.29 is 2.74 Å². The third-order valence-corrected chi connectivity index (χ3v) is 5.67. The Morgan fingerprint density at radius 2 is 1.77 bits per heavy atom. The molecule has 5 aromatic rings. The van der Waals surface area contributed by atoms with E-state index >= 15 is 0 Å². The molecule has 0 aliphatic rings. The Kier molecular flexibility index (Phi) is 2.91. The molecule has 5 rings (SSSR count). The molecule has 0 saturated carbocycles. The second-order valence-electron chi connectivity index (χ2n) is 7.86. The number of hydrogen-bond donors (Lipinski definition) is 0. The predicted molar refractivity (Wildman–Crippen MR) is 115 cm³/mol. The third kappa shape index (κ3) is 2.40. The van der Waals surface area contributed by atoms with Crippen molar-refractivity contribution >= 4 is 53.9 Å². The Morgan fingerprint density at radius 3 is 2.58 bits per heavy atom. The van der Waals surface area contributed by atoms with Crippen LogP contribution < -0.4 is 0 Å². The fourth-order valence-electron chi connectivity index (χ4n) is 3.81. The van der Waals surface area contributed by atoms with E-state index < -0.39 is 11.8 Å². The second kappa shape index (κ2) is 5.52. The van der Waals surface area contributed by atoms with Gasteiger partial charge in [-0.25, -0.2) is 0 Å². The molecule has 0 fully saturated rings. The minimum atomic E-state index is -1.49. The maximum absolute atomic E-state index is 8.96. The van der Waals surface area contributed by atoms with Gasteiger partial charge in [-0.2, -0.15) is 0 Å². The first kappa shape index (κ1) is 13.7. The lowest BCUT2D eigenvalue weighted by atomic mass is 9.85. The number of nitrogens with zero attached hydrogens (tertiary/aromatic N) is 1. The molecule has 0 bridgehead atoms. The molecule has 128 valence electrons. The van der Waals surface area contributed by atoms with Crippen molar-refractivity contribution in [2.45, 2.75) is 27.1 Å². The first-order valence-electron chi connectivity index (χ1n) is 9.90. The van der Waals surface area contributed by atoms with Crippen LogP contribution in [0.5, 0.6) is 0 Å². The van der Waals surface area contributed by atoms with Gasteiger partial charge in [0, 0.05) is 24.4 Å². The van der Waals surface area contributed by atoms with Crippen molar-refractivity contribution in [1.29, 1.82) is 0 Å². The minimum Gasteiger partial charge on any atom is -0.256 e. The van der Waals surface area contributed by atoms with Crippen LogP contribution in [0.3, 0.4) is 0 Å². The molecule has 0 spiro atoms. The molecule has 3 aromatic carbocycles. The quantitative estimate of drug-likeness (QED) is 0.286. The highest BCUT2D eigenvalue weighted by molar-refractivity contribution is 7.17. The summed E-state index contributed by atoms with van der Waals surface area (Å²) in [6.07, 6.45) is 0.260. The highest BCUT2D eigenvalue weighted by Crippen LogP contribution is 2.39. The van der Waals surface area contributed by atoms with Crippen LogP contribution in [0.2, 0.25) is 0 Å². The molecule has 0 atom stereocenters. The van der Waals surface area contributed by atoms with Gasteiger partial charge in [0.2, 0.25) is 0 Å². The van der Waals surface area contributed by atoms with Gasteiger partial charge in [0.25, 0.3) is 0 Å². The molecule has 0 saturated heterocycles. The summed E-state index contributed by atoms with van der Waals surface area (Å²) < 4.78 is 19.2.